The van der Waals surface area contributed by atoms with E-state index >= 15 is 0 Å². The summed E-state index contributed by atoms with van der Waals surface area (Å²) in [4.78, 5) is 19.1. The number of benzene rings is 2. The van der Waals surface area contributed by atoms with E-state index in [0.717, 1.165) is 16.2 Å². The maximum Gasteiger partial charge on any atom is 0.243 e. The van der Waals surface area contributed by atoms with Crippen LogP contribution in [0.4, 0.5) is 0 Å². The van der Waals surface area contributed by atoms with Gasteiger partial charge in [0, 0.05) is 43.3 Å². The summed E-state index contributed by atoms with van der Waals surface area (Å²) in [6.07, 6.45) is 0. The summed E-state index contributed by atoms with van der Waals surface area (Å²) < 4.78 is 28.9. The van der Waals surface area contributed by atoms with Crippen LogP contribution in [0, 0.1) is 0 Å². The lowest BCUT2D eigenvalue weighted by Gasteiger charge is -2.34. The Morgan fingerprint density at radius 1 is 1.03 bits per heavy atom. The molecule has 4 rings (SSSR count). The number of thioether (sulfide) groups is 1. The van der Waals surface area contributed by atoms with E-state index in [1.54, 1.807) is 23.1 Å². The molecule has 0 saturated carbocycles. The van der Waals surface area contributed by atoms with Crippen molar-refractivity contribution in [1.82, 2.24) is 18.8 Å². The molecule has 0 bridgehead atoms. The summed E-state index contributed by atoms with van der Waals surface area (Å²) >= 11 is 13.2. The van der Waals surface area contributed by atoms with Gasteiger partial charge in [0.1, 0.15) is 0 Å². The zero-order valence-electron chi connectivity index (χ0n) is 16.7. The van der Waals surface area contributed by atoms with E-state index in [0.29, 0.717) is 23.1 Å². The first-order valence-corrected chi connectivity index (χ1v) is 12.7. The molecule has 1 amide bonds. The van der Waals surface area contributed by atoms with Crippen LogP contribution in [-0.4, -0.2) is 65.0 Å². The molecule has 0 spiro atoms. The number of halogens is 2. The van der Waals surface area contributed by atoms with Crippen molar-refractivity contribution in [2.75, 3.05) is 31.9 Å². The normalized spacial score (nSPS) is 15.5. The fraction of sp³-hybridized carbons (Fsp3) is 0.300. The van der Waals surface area contributed by atoms with Crippen molar-refractivity contribution in [3.63, 3.8) is 0 Å². The molecule has 1 aromatic heterocycles. The molecule has 2 heterocycles. The van der Waals surface area contributed by atoms with Crippen LogP contribution in [-0.2, 0) is 21.9 Å². The minimum atomic E-state index is -3.60. The molecule has 1 saturated heterocycles. The number of carbonyl (C=O) groups excluding carboxylic acids is 1. The van der Waals surface area contributed by atoms with Crippen molar-refractivity contribution in [3.05, 3.63) is 52.5 Å². The van der Waals surface area contributed by atoms with Crippen LogP contribution in [0.15, 0.2) is 52.5 Å². The highest BCUT2D eigenvalue weighted by atomic mass is 35.5. The average Bonchev–Trinajstić information content (AvgIpc) is 3.07. The second-order valence-corrected chi connectivity index (χ2v) is 10.9. The van der Waals surface area contributed by atoms with Gasteiger partial charge in [-0.05, 0) is 42.5 Å². The highest BCUT2D eigenvalue weighted by molar-refractivity contribution is 7.99. The summed E-state index contributed by atoms with van der Waals surface area (Å²) in [6.45, 7) is 1.22. The Labute approximate surface area is 195 Å². The number of nitrogens with zero attached hydrogens (tertiary/aromatic N) is 4. The number of hydrogen-bond donors (Lipinski definition) is 0. The maximum absolute atomic E-state index is 12.8. The number of amides is 1. The molecule has 3 aromatic rings. The Morgan fingerprint density at radius 3 is 2.35 bits per heavy atom. The van der Waals surface area contributed by atoms with Crippen LogP contribution in [0.25, 0.3) is 11.0 Å². The molecule has 1 aliphatic rings. The second kappa shape index (κ2) is 8.99. The molecular weight excluding hydrogens is 479 g/mol. The molecule has 11 heteroatoms. The van der Waals surface area contributed by atoms with E-state index in [2.05, 4.69) is 4.98 Å². The van der Waals surface area contributed by atoms with Gasteiger partial charge in [-0.1, -0.05) is 35.0 Å². The molecule has 2 aromatic carbocycles. The van der Waals surface area contributed by atoms with Gasteiger partial charge in [-0.2, -0.15) is 4.31 Å². The third kappa shape index (κ3) is 4.70. The van der Waals surface area contributed by atoms with Crippen LogP contribution in [0.3, 0.4) is 0 Å². The average molecular weight is 499 g/mol. The van der Waals surface area contributed by atoms with Crippen molar-refractivity contribution in [1.29, 1.82) is 0 Å². The first-order valence-electron chi connectivity index (χ1n) is 9.54. The van der Waals surface area contributed by atoms with Crippen LogP contribution in [0.5, 0.6) is 0 Å². The lowest BCUT2D eigenvalue weighted by atomic mass is 10.3. The largest absolute Gasteiger partial charge is 0.339 e. The molecule has 7 nitrogen and oxygen atoms in total. The molecule has 0 radical (unpaired) electrons. The van der Waals surface area contributed by atoms with Crippen molar-refractivity contribution in [2.45, 2.75) is 10.1 Å². The van der Waals surface area contributed by atoms with Crippen LogP contribution >= 0.6 is 35.0 Å². The zero-order chi connectivity index (χ0) is 22.2. The third-order valence-electron chi connectivity index (χ3n) is 5.17. The predicted molar refractivity (Wildman–Crippen MR) is 123 cm³/mol. The lowest BCUT2D eigenvalue weighted by Crippen LogP contribution is -2.50. The fourth-order valence-corrected chi connectivity index (χ4v) is 6.04. The van der Waals surface area contributed by atoms with E-state index in [-0.39, 0.29) is 29.6 Å². The number of sulfonamides is 1. The fourth-order valence-electron chi connectivity index (χ4n) is 3.43. The van der Waals surface area contributed by atoms with Crippen LogP contribution in [0.2, 0.25) is 10.0 Å². The summed E-state index contributed by atoms with van der Waals surface area (Å²) in [6, 6.07) is 11.6. The third-order valence-corrected chi connectivity index (χ3v) is 8.58. The van der Waals surface area contributed by atoms with Gasteiger partial charge in [0.2, 0.25) is 15.9 Å². The zero-order valence-corrected chi connectivity index (χ0v) is 19.8. The minimum Gasteiger partial charge on any atom is -0.339 e. The van der Waals surface area contributed by atoms with Crippen molar-refractivity contribution < 1.29 is 13.2 Å². The van der Waals surface area contributed by atoms with Gasteiger partial charge in [-0.25, -0.2) is 13.4 Å². The highest BCUT2D eigenvalue weighted by Gasteiger charge is 2.30. The van der Waals surface area contributed by atoms with E-state index in [1.165, 1.54) is 28.2 Å². The van der Waals surface area contributed by atoms with E-state index < -0.39 is 10.0 Å². The number of carbonyl (C=O) groups is 1. The molecule has 0 aliphatic carbocycles. The molecule has 0 atom stereocenters. The van der Waals surface area contributed by atoms with E-state index in [9.17, 15) is 13.2 Å². The Balaban J connectivity index is 1.35. The Morgan fingerprint density at radius 2 is 1.68 bits per heavy atom. The van der Waals surface area contributed by atoms with Gasteiger partial charge in [0.05, 0.1) is 21.7 Å². The molecule has 1 aliphatic heterocycles. The Kier molecular flexibility index (Phi) is 6.50. The second-order valence-electron chi connectivity index (χ2n) is 7.11. The maximum atomic E-state index is 12.8. The molecule has 0 N–H and O–H groups in total. The SMILES string of the molecule is Cn1c(SCC(=O)N2CCN(S(=O)(=O)c3ccc(Cl)cc3)CC2)nc2cc(Cl)ccc21. The number of piperazine rings is 1. The lowest BCUT2D eigenvalue weighted by molar-refractivity contribution is -0.129. The van der Waals surface area contributed by atoms with E-state index in [1.807, 2.05) is 23.7 Å². The number of hydrogen-bond acceptors (Lipinski definition) is 5. The molecule has 31 heavy (non-hydrogen) atoms. The number of rotatable bonds is 5. The smallest absolute Gasteiger partial charge is 0.243 e. The van der Waals surface area contributed by atoms with Gasteiger partial charge in [0.15, 0.2) is 5.16 Å². The summed E-state index contributed by atoms with van der Waals surface area (Å²) in [5, 5.41) is 1.83. The highest BCUT2D eigenvalue weighted by Crippen LogP contribution is 2.26. The van der Waals surface area contributed by atoms with Crippen molar-refractivity contribution >= 4 is 61.9 Å². The topological polar surface area (TPSA) is 75.5 Å². The quantitative estimate of drug-likeness (QED) is 0.503. The predicted octanol–water partition coefficient (Wildman–Crippen LogP) is 3.51. The van der Waals surface area contributed by atoms with Gasteiger partial charge in [-0.3, -0.25) is 4.79 Å². The Bertz CT molecular complexity index is 1220. The van der Waals surface area contributed by atoms with Gasteiger partial charge >= 0.3 is 0 Å². The standard InChI is InChI=1S/C20H20Cl2N4O3S2/c1-24-18-7-4-15(22)12-17(18)23-20(24)30-13-19(27)25-8-10-26(11-9-25)31(28,29)16-5-2-14(21)3-6-16/h2-7,12H,8-11,13H2,1H3. The number of imidazole rings is 1. The molecule has 164 valence electrons. The van der Waals surface area contributed by atoms with Gasteiger partial charge in [-0.15, -0.1) is 0 Å². The van der Waals surface area contributed by atoms with Crippen LogP contribution < -0.4 is 0 Å². The first kappa shape index (κ1) is 22.4. The monoisotopic (exact) mass is 498 g/mol. The van der Waals surface area contributed by atoms with Crippen molar-refractivity contribution in [2.24, 2.45) is 7.05 Å². The number of aryl methyl sites for hydroxylation is 1. The van der Waals surface area contributed by atoms with Crippen molar-refractivity contribution in [3.8, 4) is 0 Å². The first-order chi connectivity index (χ1) is 14.8. The minimum absolute atomic E-state index is 0.0429. The van der Waals surface area contributed by atoms with Gasteiger partial charge in [0.25, 0.3) is 0 Å². The Hall–Kier alpha value is -1.78. The van der Waals surface area contributed by atoms with Gasteiger partial charge < -0.3 is 9.47 Å². The number of fused-ring (bicyclic) bond motifs is 1. The molecule has 0 unspecified atom stereocenters. The number of aromatic nitrogens is 2. The van der Waals surface area contributed by atoms with Crippen LogP contribution in [0.1, 0.15) is 0 Å². The summed E-state index contributed by atoms with van der Waals surface area (Å²) in [5.41, 5.74) is 1.73. The summed E-state index contributed by atoms with van der Waals surface area (Å²) in [5.74, 6) is 0.188. The molecule has 1 fully saturated rings. The molecular formula is C20H20Cl2N4O3S2. The van der Waals surface area contributed by atoms with E-state index in [4.69, 9.17) is 23.2 Å². The summed E-state index contributed by atoms with van der Waals surface area (Å²) in [7, 11) is -1.70.